The highest BCUT2D eigenvalue weighted by Gasteiger charge is 2.31. The van der Waals surface area contributed by atoms with Crippen LogP contribution in [0.15, 0.2) is 131 Å². The van der Waals surface area contributed by atoms with Crippen LogP contribution in [0.25, 0.3) is 11.1 Å². The Kier molecular flexibility index (Phi) is 22.6. The van der Waals surface area contributed by atoms with Crippen LogP contribution in [-0.4, -0.2) is 46.8 Å². The van der Waals surface area contributed by atoms with Crippen LogP contribution in [0, 0.1) is 11.8 Å². The molecular weight excluding hydrogens is 663 g/mol. The number of nitrogens with zero attached hydrogens (tertiary/aromatic N) is 3. The molecule has 0 saturated heterocycles. The Morgan fingerprint density at radius 3 is 1.55 bits per heavy atom. The van der Waals surface area contributed by atoms with Gasteiger partial charge in [-0.1, -0.05) is 136 Å². The van der Waals surface area contributed by atoms with E-state index in [1.807, 2.05) is 51.1 Å². The zero-order valence-electron chi connectivity index (χ0n) is 32.5. The predicted octanol–water partition coefficient (Wildman–Crippen LogP) is 10.7. The number of hydrogen-bond donors (Lipinski definition) is 0. The minimum Gasteiger partial charge on any atom is -0.462 e. The Labute approximate surface area is 318 Å². The van der Waals surface area contributed by atoms with Crippen molar-refractivity contribution in [2.24, 2.45) is 11.8 Å². The van der Waals surface area contributed by atoms with Crippen molar-refractivity contribution in [1.82, 2.24) is 15.0 Å². The number of carbonyl (C=O) groups excluding carboxylic acids is 1. The average Bonchev–Trinajstić information content (AvgIpc) is 3.13. The molecule has 3 aromatic rings. The molecule has 0 amide bonds. The van der Waals surface area contributed by atoms with Crippen molar-refractivity contribution < 1.29 is 23.7 Å². The molecule has 0 aliphatic heterocycles. The first-order chi connectivity index (χ1) is 25.3. The minimum atomic E-state index is -0.171. The van der Waals surface area contributed by atoms with Gasteiger partial charge in [0.05, 0.1) is 0 Å². The summed E-state index contributed by atoms with van der Waals surface area (Å²) in [5.74, 6) is 0.861. The lowest BCUT2D eigenvalue weighted by molar-refractivity contribution is -0.150. The molecular formula is C45H59N3O5. The van der Waals surface area contributed by atoms with Gasteiger partial charge in [-0.05, 0) is 75.1 Å². The molecule has 2 aromatic carbocycles. The third-order valence-corrected chi connectivity index (χ3v) is 7.64. The number of aromatic nitrogens is 3. The van der Waals surface area contributed by atoms with Crippen LogP contribution < -0.4 is 14.2 Å². The Morgan fingerprint density at radius 2 is 1.17 bits per heavy atom. The van der Waals surface area contributed by atoms with Crippen LogP contribution in [0.5, 0.6) is 18.0 Å². The molecule has 0 spiro atoms. The maximum atomic E-state index is 10.9. The van der Waals surface area contributed by atoms with Crippen molar-refractivity contribution in [2.75, 3.05) is 19.8 Å². The molecule has 1 aliphatic carbocycles. The summed E-state index contributed by atoms with van der Waals surface area (Å²) in [6.07, 6.45) is 11.0. The Balaban J connectivity index is 0.000000363. The average molecular weight is 722 g/mol. The van der Waals surface area contributed by atoms with Gasteiger partial charge in [-0.2, -0.15) is 0 Å². The van der Waals surface area contributed by atoms with Crippen LogP contribution in [-0.2, 0) is 16.0 Å². The van der Waals surface area contributed by atoms with E-state index in [1.165, 1.54) is 30.0 Å². The summed E-state index contributed by atoms with van der Waals surface area (Å²) in [6.45, 7) is 36.6. The van der Waals surface area contributed by atoms with Gasteiger partial charge in [-0.25, -0.2) is 0 Å². The van der Waals surface area contributed by atoms with Gasteiger partial charge in [0.15, 0.2) is 0 Å². The van der Waals surface area contributed by atoms with Gasteiger partial charge in [0.1, 0.15) is 25.9 Å². The molecule has 8 heteroatoms. The first-order valence-electron chi connectivity index (χ1n) is 17.7. The van der Waals surface area contributed by atoms with Crippen LogP contribution in [0.1, 0.15) is 70.6 Å². The maximum absolute atomic E-state index is 10.9. The summed E-state index contributed by atoms with van der Waals surface area (Å²) in [4.78, 5) is 22.8. The third-order valence-electron chi connectivity index (χ3n) is 7.64. The number of allylic oxidation sites excluding steroid dienone is 3. The second-order valence-electron chi connectivity index (χ2n) is 12.6. The predicted molar refractivity (Wildman–Crippen MR) is 220 cm³/mol. The molecule has 1 fully saturated rings. The van der Waals surface area contributed by atoms with Crippen LogP contribution >= 0.6 is 0 Å². The van der Waals surface area contributed by atoms with E-state index < -0.39 is 0 Å². The standard InChI is InChI=1S/C12H15N3O3.C12H20O2.C12H14.C9H10/c1-4-7-16-10-13-11(17-8-5-2)15-12(14-10)18-9-6-3;1-8(2)11-6-5-9(3)7-12(11)14-10(4)13;1-9(2)11-6-5-7-12(8-11)10(3)4;1-2-6-9-7-4-3-5-8-9/h4-6H,1-3,7-9H2;9,11-12H,1,5-7H2,2-4H3;5-8H,1,3H2,2,4H3;2-5,7-8H,1,6H2. The molecule has 1 heterocycles. The van der Waals surface area contributed by atoms with E-state index >= 15 is 0 Å². The van der Waals surface area contributed by atoms with E-state index in [2.05, 4.69) is 98.3 Å². The summed E-state index contributed by atoms with van der Waals surface area (Å²) in [7, 11) is 0. The Hall–Kier alpha value is -5.50. The van der Waals surface area contributed by atoms with Crippen LogP contribution in [0.2, 0.25) is 0 Å². The maximum Gasteiger partial charge on any atom is 0.326 e. The molecule has 1 aliphatic rings. The highest BCUT2D eigenvalue weighted by molar-refractivity contribution is 5.68. The number of esters is 1. The van der Waals surface area contributed by atoms with Gasteiger partial charge in [0.25, 0.3) is 0 Å². The lowest BCUT2D eigenvalue weighted by atomic mass is 9.78. The summed E-state index contributed by atoms with van der Waals surface area (Å²) >= 11 is 0. The quantitative estimate of drug-likeness (QED) is 0.113. The molecule has 53 heavy (non-hydrogen) atoms. The molecule has 8 nitrogen and oxygen atoms in total. The number of rotatable bonds is 15. The first-order valence-corrected chi connectivity index (χ1v) is 17.7. The highest BCUT2D eigenvalue weighted by atomic mass is 16.5. The lowest BCUT2D eigenvalue weighted by Gasteiger charge is -2.34. The SMILES string of the molecule is C=C(C)C1CCC(C)CC1OC(C)=O.C=C(C)c1cccc(C(=C)C)c1.C=CCOc1nc(OCC=C)nc(OCC=C)n1.C=CCc1ccccc1. The number of hydrogen-bond acceptors (Lipinski definition) is 8. The molecule has 0 N–H and O–H groups in total. The van der Waals surface area contributed by atoms with E-state index in [0.29, 0.717) is 11.8 Å². The van der Waals surface area contributed by atoms with Gasteiger partial charge in [-0.15, -0.1) is 21.5 Å². The number of ether oxygens (including phenoxy) is 4. The van der Waals surface area contributed by atoms with Crippen molar-refractivity contribution in [3.05, 3.63) is 147 Å². The summed E-state index contributed by atoms with van der Waals surface area (Å²) in [6, 6.07) is 18.9. The van der Waals surface area contributed by atoms with E-state index in [-0.39, 0.29) is 49.9 Å². The third kappa shape index (κ3) is 19.6. The Morgan fingerprint density at radius 1 is 0.698 bits per heavy atom. The summed E-state index contributed by atoms with van der Waals surface area (Å²) in [5, 5.41) is 0. The highest BCUT2D eigenvalue weighted by Crippen LogP contribution is 2.34. The number of benzene rings is 2. The fraction of sp³-hybridized carbons (Fsp3) is 0.333. The Bertz CT molecular complexity index is 1530. The molecule has 3 atom stereocenters. The van der Waals surface area contributed by atoms with Crippen molar-refractivity contribution in [2.45, 2.75) is 66.4 Å². The topological polar surface area (TPSA) is 92.7 Å². The van der Waals surface area contributed by atoms with Gasteiger partial charge in [0, 0.05) is 12.8 Å². The van der Waals surface area contributed by atoms with E-state index in [0.717, 1.165) is 36.0 Å². The van der Waals surface area contributed by atoms with Crippen molar-refractivity contribution in [1.29, 1.82) is 0 Å². The molecule has 1 aromatic heterocycles. The van der Waals surface area contributed by atoms with E-state index in [9.17, 15) is 4.79 Å². The van der Waals surface area contributed by atoms with Crippen LogP contribution in [0.4, 0.5) is 0 Å². The second-order valence-corrected chi connectivity index (χ2v) is 12.6. The molecule has 4 rings (SSSR count). The minimum absolute atomic E-state index is 0.0637. The van der Waals surface area contributed by atoms with E-state index in [4.69, 9.17) is 18.9 Å². The van der Waals surface area contributed by atoms with E-state index in [1.54, 1.807) is 18.2 Å². The molecule has 284 valence electrons. The molecule has 3 unspecified atom stereocenters. The largest absolute Gasteiger partial charge is 0.462 e. The summed E-state index contributed by atoms with van der Waals surface area (Å²) in [5.41, 5.74) is 7.04. The molecule has 1 saturated carbocycles. The van der Waals surface area contributed by atoms with Crippen LogP contribution in [0.3, 0.4) is 0 Å². The molecule has 0 radical (unpaired) electrons. The van der Waals surface area contributed by atoms with Gasteiger partial charge < -0.3 is 18.9 Å². The van der Waals surface area contributed by atoms with Gasteiger partial charge in [-0.3, -0.25) is 4.79 Å². The zero-order valence-corrected chi connectivity index (χ0v) is 32.5. The normalized spacial score (nSPS) is 15.4. The molecule has 0 bridgehead atoms. The van der Waals surface area contributed by atoms with Gasteiger partial charge >= 0.3 is 24.0 Å². The summed E-state index contributed by atoms with van der Waals surface area (Å²) < 4.78 is 20.9. The lowest BCUT2D eigenvalue weighted by Crippen LogP contribution is -2.32. The van der Waals surface area contributed by atoms with Crippen molar-refractivity contribution in [3.8, 4) is 18.0 Å². The fourth-order valence-corrected chi connectivity index (χ4v) is 4.98. The monoisotopic (exact) mass is 721 g/mol. The van der Waals surface area contributed by atoms with Crippen molar-refractivity contribution in [3.63, 3.8) is 0 Å². The second kappa shape index (κ2) is 26.3. The zero-order chi connectivity index (χ0) is 39.6. The smallest absolute Gasteiger partial charge is 0.326 e. The van der Waals surface area contributed by atoms with Gasteiger partial charge in [0.2, 0.25) is 0 Å². The van der Waals surface area contributed by atoms with Crippen molar-refractivity contribution >= 4 is 17.1 Å². The fourth-order valence-electron chi connectivity index (χ4n) is 4.98. The first kappa shape index (κ1) is 45.5. The number of carbonyl (C=O) groups is 1.